The fraction of sp³-hybridized carbons (Fsp3) is 0.944. The molecule has 3 N–H and O–H groups in total. The van der Waals surface area contributed by atoms with Gasteiger partial charge in [-0.25, -0.2) is 0 Å². The number of aliphatic imine (C=N–C) groups is 1. The molecule has 24 heavy (non-hydrogen) atoms. The van der Waals surface area contributed by atoms with Crippen molar-refractivity contribution in [3.8, 4) is 0 Å². The van der Waals surface area contributed by atoms with E-state index < -0.39 is 0 Å². The van der Waals surface area contributed by atoms with Gasteiger partial charge in [0.05, 0.1) is 12.7 Å². The van der Waals surface area contributed by atoms with Gasteiger partial charge in [0.15, 0.2) is 5.96 Å². The van der Waals surface area contributed by atoms with Crippen molar-refractivity contribution in [3.63, 3.8) is 0 Å². The van der Waals surface area contributed by atoms with Crippen molar-refractivity contribution < 1.29 is 14.6 Å². The van der Waals surface area contributed by atoms with E-state index in [9.17, 15) is 5.11 Å². The highest BCUT2D eigenvalue weighted by Gasteiger charge is 2.59. The van der Waals surface area contributed by atoms with Gasteiger partial charge in [0, 0.05) is 50.3 Å². The largest absolute Gasteiger partial charge is 0.396 e. The lowest BCUT2D eigenvalue weighted by Gasteiger charge is -2.61. The average Bonchev–Trinajstić information content (AvgIpc) is 2.97. The lowest BCUT2D eigenvalue weighted by atomic mass is 9.51. The lowest BCUT2D eigenvalue weighted by molar-refractivity contribution is -0.168. The maximum absolute atomic E-state index is 9.35. The second-order valence-corrected chi connectivity index (χ2v) is 7.67. The molecule has 0 aromatic heterocycles. The van der Waals surface area contributed by atoms with Gasteiger partial charge >= 0.3 is 0 Å². The predicted molar refractivity (Wildman–Crippen MR) is 94.2 cm³/mol. The van der Waals surface area contributed by atoms with Crippen LogP contribution in [0.4, 0.5) is 0 Å². The maximum Gasteiger partial charge on any atom is 0.191 e. The Bertz CT molecular complexity index is 445. The van der Waals surface area contributed by atoms with E-state index in [-0.39, 0.29) is 12.0 Å². The summed E-state index contributed by atoms with van der Waals surface area (Å²) in [4.78, 5) is 4.41. The van der Waals surface area contributed by atoms with E-state index in [4.69, 9.17) is 9.47 Å². The highest BCUT2D eigenvalue weighted by molar-refractivity contribution is 5.80. The summed E-state index contributed by atoms with van der Waals surface area (Å²) >= 11 is 0. The molecule has 6 nitrogen and oxygen atoms in total. The Kier molecular flexibility index (Phi) is 5.67. The molecule has 2 saturated carbocycles. The molecule has 1 heterocycles. The Labute approximate surface area is 145 Å². The Morgan fingerprint density at radius 3 is 2.75 bits per heavy atom. The molecule has 0 radical (unpaired) electrons. The van der Waals surface area contributed by atoms with Crippen LogP contribution in [0.15, 0.2) is 4.99 Å². The number of guanidine groups is 1. The second kappa shape index (κ2) is 7.58. The summed E-state index contributed by atoms with van der Waals surface area (Å²) in [6.45, 7) is 5.39. The van der Waals surface area contributed by atoms with E-state index >= 15 is 0 Å². The van der Waals surface area contributed by atoms with Crippen molar-refractivity contribution in [3.05, 3.63) is 0 Å². The zero-order valence-electron chi connectivity index (χ0n) is 15.1. The smallest absolute Gasteiger partial charge is 0.191 e. The topological polar surface area (TPSA) is 75.1 Å². The molecule has 0 amide bonds. The zero-order chi connectivity index (χ0) is 17.0. The molecular formula is C18H33N3O3. The number of hydrogen-bond donors (Lipinski definition) is 3. The van der Waals surface area contributed by atoms with Crippen LogP contribution in [0.3, 0.4) is 0 Å². The lowest BCUT2D eigenvalue weighted by Crippen LogP contribution is -2.68. The van der Waals surface area contributed by atoms with Crippen LogP contribution in [0.5, 0.6) is 0 Å². The highest BCUT2D eigenvalue weighted by atomic mass is 16.5. The first-order chi connectivity index (χ1) is 11.7. The average molecular weight is 339 g/mol. The normalized spacial score (nSPS) is 34.7. The van der Waals surface area contributed by atoms with Crippen molar-refractivity contribution >= 4 is 5.96 Å². The second-order valence-electron chi connectivity index (χ2n) is 7.67. The van der Waals surface area contributed by atoms with E-state index in [2.05, 4.69) is 22.5 Å². The summed E-state index contributed by atoms with van der Waals surface area (Å²) in [6, 6.07) is 0.461. The SMILES string of the molecule is CCOC1CC(NC(=NC)NCC2(CCO)CCOC2)C12CCC2. The third-order valence-electron chi connectivity index (χ3n) is 6.43. The standard InChI is InChI=1S/C18H33N3O3/c1-3-24-15-11-14(18(15)5-4-6-18)21-16(19-2)20-12-17(7-9-22)8-10-23-13-17/h14-15,22H,3-13H2,1-2H3,(H2,19,20,21). The number of rotatable bonds is 7. The Morgan fingerprint density at radius 2 is 2.21 bits per heavy atom. The zero-order valence-corrected chi connectivity index (χ0v) is 15.1. The van der Waals surface area contributed by atoms with E-state index in [1.807, 2.05) is 7.05 Å². The van der Waals surface area contributed by atoms with Gasteiger partial charge in [-0.3, -0.25) is 4.99 Å². The number of nitrogens with one attached hydrogen (secondary N) is 2. The summed E-state index contributed by atoms with van der Waals surface area (Å²) in [7, 11) is 1.82. The maximum atomic E-state index is 9.35. The van der Waals surface area contributed by atoms with Gasteiger partial charge < -0.3 is 25.2 Å². The molecule has 0 aromatic rings. The molecule has 0 bridgehead atoms. The van der Waals surface area contributed by atoms with Gasteiger partial charge in [-0.2, -0.15) is 0 Å². The van der Waals surface area contributed by atoms with Gasteiger partial charge in [0.1, 0.15) is 0 Å². The molecular weight excluding hydrogens is 306 g/mol. The summed E-state index contributed by atoms with van der Waals surface area (Å²) in [6.07, 6.45) is 7.08. The van der Waals surface area contributed by atoms with E-state index in [0.717, 1.165) is 51.6 Å². The van der Waals surface area contributed by atoms with Gasteiger partial charge in [0.25, 0.3) is 0 Å². The molecule has 138 valence electrons. The molecule has 6 heteroatoms. The van der Waals surface area contributed by atoms with Crippen molar-refractivity contribution in [1.82, 2.24) is 10.6 Å². The third kappa shape index (κ3) is 3.28. The minimum Gasteiger partial charge on any atom is -0.396 e. The van der Waals surface area contributed by atoms with E-state index in [0.29, 0.717) is 17.6 Å². The van der Waals surface area contributed by atoms with Crippen LogP contribution in [0.1, 0.15) is 45.4 Å². The van der Waals surface area contributed by atoms with Gasteiger partial charge in [-0.1, -0.05) is 6.42 Å². The Morgan fingerprint density at radius 1 is 1.38 bits per heavy atom. The molecule has 3 unspecified atom stereocenters. The first-order valence-corrected chi connectivity index (χ1v) is 9.45. The minimum absolute atomic E-state index is 0.0357. The fourth-order valence-corrected chi connectivity index (χ4v) is 4.58. The molecule has 2 aliphatic carbocycles. The van der Waals surface area contributed by atoms with Gasteiger partial charge in [0.2, 0.25) is 0 Å². The Balaban J connectivity index is 1.52. The monoisotopic (exact) mass is 339 g/mol. The van der Waals surface area contributed by atoms with Gasteiger partial charge in [-0.05, 0) is 39.0 Å². The number of hydrogen-bond acceptors (Lipinski definition) is 4. The van der Waals surface area contributed by atoms with Crippen molar-refractivity contribution in [2.45, 2.75) is 57.6 Å². The predicted octanol–water partition coefficient (Wildman–Crippen LogP) is 1.29. The number of aliphatic hydroxyl groups is 1. The van der Waals surface area contributed by atoms with Crippen LogP contribution >= 0.6 is 0 Å². The molecule has 3 atom stereocenters. The van der Waals surface area contributed by atoms with Crippen LogP contribution < -0.4 is 10.6 Å². The van der Waals surface area contributed by atoms with Crippen LogP contribution in [0.2, 0.25) is 0 Å². The number of ether oxygens (including phenoxy) is 2. The molecule has 3 fully saturated rings. The van der Waals surface area contributed by atoms with Crippen molar-refractivity contribution in [1.29, 1.82) is 0 Å². The third-order valence-corrected chi connectivity index (χ3v) is 6.43. The quantitative estimate of drug-likeness (QED) is 0.481. The first kappa shape index (κ1) is 18.0. The first-order valence-electron chi connectivity index (χ1n) is 9.45. The molecule has 1 saturated heterocycles. The fourth-order valence-electron chi connectivity index (χ4n) is 4.58. The van der Waals surface area contributed by atoms with Gasteiger partial charge in [-0.15, -0.1) is 0 Å². The van der Waals surface area contributed by atoms with Crippen LogP contribution in [0, 0.1) is 10.8 Å². The van der Waals surface area contributed by atoms with Crippen molar-refractivity contribution in [2.24, 2.45) is 15.8 Å². The summed E-state index contributed by atoms with van der Waals surface area (Å²) in [5.41, 5.74) is 0.362. The summed E-state index contributed by atoms with van der Waals surface area (Å²) in [5.74, 6) is 0.866. The van der Waals surface area contributed by atoms with Crippen molar-refractivity contribution in [2.75, 3.05) is 40.0 Å². The Hall–Kier alpha value is -0.850. The van der Waals surface area contributed by atoms with Crippen LogP contribution in [-0.2, 0) is 9.47 Å². The number of nitrogens with zero attached hydrogens (tertiary/aromatic N) is 1. The highest BCUT2D eigenvalue weighted by Crippen LogP contribution is 2.57. The molecule has 1 aliphatic heterocycles. The molecule has 0 aromatic carbocycles. The molecule has 3 rings (SSSR count). The summed E-state index contributed by atoms with van der Waals surface area (Å²) in [5, 5.41) is 16.5. The van der Waals surface area contributed by atoms with E-state index in [1.54, 1.807) is 0 Å². The molecule has 3 aliphatic rings. The van der Waals surface area contributed by atoms with Crippen LogP contribution in [0.25, 0.3) is 0 Å². The summed E-state index contributed by atoms with van der Waals surface area (Å²) < 4.78 is 11.5. The molecule has 1 spiro atoms. The van der Waals surface area contributed by atoms with E-state index in [1.165, 1.54) is 19.3 Å². The number of aliphatic hydroxyl groups excluding tert-OH is 1. The minimum atomic E-state index is 0.0357. The van der Waals surface area contributed by atoms with Crippen LogP contribution in [-0.4, -0.2) is 63.2 Å².